The van der Waals surface area contributed by atoms with Crippen molar-refractivity contribution in [3.63, 3.8) is 0 Å². The first-order valence-corrected chi connectivity index (χ1v) is 10.6. The molecule has 2 atom stereocenters. The lowest BCUT2D eigenvalue weighted by atomic mass is 9.97. The third-order valence-electron chi connectivity index (χ3n) is 4.17. The van der Waals surface area contributed by atoms with Gasteiger partial charge in [-0.3, -0.25) is 4.79 Å². The summed E-state index contributed by atoms with van der Waals surface area (Å²) in [6.07, 6.45) is -3.43. The normalized spacial score (nSPS) is 14.1. The van der Waals surface area contributed by atoms with Crippen LogP contribution in [-0.2, 0) is 27.5 Å². The minimum Gasteiger partial charge on any atom is -0.383 e. The molecule has 0 aliphatic rings. The van der Waals surface area contributed by atoms with Crippen LogP contribution in [0.2, 0.25) is 0 Å². The van der Waals surface area contributed by atoms with Gasteiger partial charge in [0.1, 0.15) is 5.75 Å². The fourth-order valence-corrected chi connectivity index (χ4v) is 3.24. The molecule has 0 aliphatic carbocycles. The number of hydrogen-bond acceptors (Lipinski definition) is 4. The fourth-order valence-electron chi connectivity index (χ4n) is 2.80. The van der Waals surface area contributed by atoms with Crippen molar-refractivity contribution in [3.05, 3.63) is 65.2 Å². The first-order chi connectivity index (χ1) is 13.3. The summed E-state index contributed by atoms with van der Waals surface area (Å²) in [5.41, 5.74) is -0.0793. The van der Waals surface area contributed by atoms with Crippen LogP contribution in [0.15, 0.2) is 48.5 Å². The second-order valence-corrected chi connectivity index (χ2v) is 8.47. The summed E-state index contributed by atoms with van der Waals surface area (Å²) >= 11 is 0. The Morgan fingerprint density at radius 2 is 1.72 bits per heavy atom. The minimum atomic E-state index is -4.72. The van der Waals surface area contributed by atoms with Gasteiger partial charge in [-0.1, -0.05) is 30.3 Å². The molecule has 2 aromatic carbocycles. The quantitative estimate of drug-likeness (QED) is 0.678. The summed E-state index contributed by atoms with van der Waals surface area (Å²) in [5.74, 6) is -1.91. The Bertz CT molecular complexity index is 959. The van der Waals surface area contributed by atoms with Crippen molar-refractivity contribution in [2.45, 2.75) is 38.4 Å². The van der Waals surface area contributed by atoms with Crippen LogP contribution in [0.5, 0.6) is 5.75 Å². The summed E-state index contributed by atoms with van der Waals surface area (Å²) in [4.78, 5) is 12.6. The Kier molecular flexibility index (Phi) is 6.94. The summed E-state index contributed by atoms with van der Waals surface area (Å²) < 4.78 is 66.8. The smallest absolute Gasteiger partial charge is 0.383 e. The third-order valence-corrected chi connectivity index (χ3v) is 4.67. The van der Waals surface area contributed by atoms with Crippen molar-refractivity contribution < 1.29 is 30.6 Å². The summed E-state index contributed by atoms with van der Waals surface area (Å²) in [6, 6.07) is 11.7. The van der Waals surface area contributed by atoms with E-state index in [4.69, 9.17) is 0 Å². The summed E-state index contributed by atoms with van der Waals surface area (Å²) in [5, 5.41) is 2.77. The molecule has 0 saturated carbocycles. The molecule has 0 aromatic heterocycles. The van der Waals surface area contributed by atoms with Gasteiger partial charge in [0.15, 0.2) is 0 Å². The second kappa shape index (κ2) is 8.86. The van der Waals surface area contributed by atoms with Crippen molar-refractivity contribution in [3.8, 4) is 5.75 Å². The summed E-state index contributed by atoms with van der Waals surface area (Å²) in [7, 11) is -4.02. The first-order valence-electron chi connectivity index (χ1n) is 8.81. The molecule has 0 heterocycles. The molecule has 0 radical (unpaired) electrons. The van der Waals surface area contributed by atoms with E-state index in [2.05, 4.69) is 9.50 Å². The highest BCUT2D eigenvalue weighted by Gasteiger charge is 2.33. The molecule has 0 bridgehead atoms. The van der Waals surface area contributed by atoms with E-state index >= 15 is 0 Å². The van der Waals surface area contributed by atoms with Crippen LogP contribution in [0.1, 0.15) is 36.5 Å². The van der Waals surface area contributed by atoms with Gasteiger partial charge in [-0.2, -0.15) is 21.6 Å². The van der Waals surface area contributed by atoms with Gasteiger partial charge in [-0.05, 0) is 49.6 Å². The number of carbonyl (C=O) groups is 1. The topological polar surface area (TPSA) is 72.5 Å². The lowest BCUT2D eigenvalue weighted by Gasteiger charge is -2.19. The molecule has 0 aliphatic heterocycles. The predicted octanol–water partition coefficient (Wildman–Crippen LogP) is 3.89. The standard InChI is InChI=1S/C20H22F3NO4S/c1-13(9-15-7-5-4-6-8-15)24-19(25)14(2)16-10-17(20(21,22)23)12-18(11-16)28-29(3,26)27/h4-8,10-14H,9H2,1-3H3,(H,24,25)/t13-,14+/m1/s1. The monoisotopic (exact) mass is 429 g/mol. The molecule has 9 heteroatoms. The molecular weight excluding hydrogens is 407 g/mol. The number of rotatable bonds is 7. The van der Waals surface area contributed by atoms with Crippen LogP contribution in [0, 0.1) is 0 Å². The molecular formula is C20H22F3NO4S. The lowest BCUT2D eigenvalue weighted by molar-refractivity contribution is -0.137. The highest BCUT2D eigenvalue weighted by atomic mass is 32.2. The third kappa shape index (κ3) is 7.08. The maximum Gasteiger partial charge on any atom is 0.416 e. The van der Waals surface area contributed by atoms with Crippen LogP contribution >= 0.6 is 0 Å². The van der Waals surface area contributed by atoms with Crippen LogP contribution in [0.3, 0.4) is 0 Å². The van der Waals surface area contributed by atoms with Gasteiger partial charge >= 0.3 is 16.3 Å². The number of carbonyl (C=O) groups excluding carboxylic acids is 1. The Labute approximate surface area is 168 Å². The van der Waals surface area contributed by atoms with Crippen LogP contribution in [-0.4, -0.2) is 26.6 Å². The van der Waals surface area contributed by atoms with Crippen LogP contribution in [0.4, 0.5) is 13.2 Å². The van der Waals surface area contributed by atoms with E-state index in [1.54, 1.807) is 6.92 Å². The molecule has 1 amide bonds. The van der Waals surface area contributed by atoms with E-state index in [9.17, 15) is 26.4 Å². The van der Waals surface area contributed by atoms with E-state index in [0.29, 0.717) is 12.5 Å². The zero-order valence-corrected chi connectivity index (χ0v) is 17.0. The number of benzene rings is 2. The number of alkyl halides is 3. The zero-order valence-electron chi connectivity index (χ0n) is 16.2. The second-order valence-electron chi connectivity index (χ2n) is 6.90. The molecule has 5 nitrogen and oxygen atoms in total. The SMILES string of the molecule is C[C@H](Cc1ccccc1)NC(=O)[C@@H](C)c1cc(OS(C)(=O)=O)cc(C(F)(F)F)c1. The average Bonchev–Trinajstić information content (AvgIpc) is 2.59. The molecule has 0 saturated heterocycles. The molecule has 29 heavy (non-hydrogen) atoms. The Morgan fingerprint density at radius 1 is 1.10 bits per heavy atom. The van der Waals surface area contributed by atoms with Crippen molar-refractivity contribution in [1.82, 2.24) is 5.32 Å². The number of nitrogens with one attached hydrogen (secondary N) is 1. The van der Waals surface area contributed by atoms with Crippen LogP contribution < -0.4 is 9.50 Å². The molecule has 0 unspecified atom stereocenters. The van der Waals surface area contributed by atoms with Gasteiger partial charge in [0.25, 0.3) is 0 Å². The molecule has 158 valence electrons. The average molecular weight is 429 g/mol. The lowest BCUT2D eigenvalue weighted by Crippen LogP contribution is -2.36. The van der Waals surface area contributed by atoms with E-state index in [1.807, 2.05) is 30.3 Å². The summed E-state index contributed by atoms with van der Waals surface area (Å²) in [6.45, 7) is 3.24. The van der Waals surface area contributed by atoms with Crippen molar-refractivity contribution in [2.75, 3.05) is 6.26 Å². The Balaban J connectivity index is 2.22. The van der Waals surface area contributed by atoms with Gasteiger partial charge < -0.3 is 9.50 Å². The highest BCUT2D eigenvalue weighted by Crippen LogP contribution is 2.35. The van der Waals surface area contributed by atoms with E-state index in [-0.39, 0.29) is 11.6 Å². The first kappa shape index (κ1) is 22.7. The highest BCUT2D eigenvalue weighted by molar-refractivity contribution is 7.86. The maximum atomic E-state index is 13.2. The van der Waals surface area contributed by atoms with Crippen molar-refractivity contribution in [2.24, 2.45) is 0 Å². The molecule has 2 aromatic rings. The van der Waals surface area contributed by atoms with Crippen molar-refractivity contribution in [1.29, 1.82) is 0 Å². The molecule has 0 spiro atoms. The number of amides is 1. The van der Waals surface area contributed by atoms with E-state index < -0.39 is 39.4 Å². The van der Waals surface area contributed by atoms with E-state index in [1.165, 1.54) is 6.92 Å². The number of hydrogen-bond donors (Lipinski definition) is 1. The molecule has 0 fully saturated rings. The molecule has 2 rings (SSSR count). The van der Waals surface area contributed by atoms with Gasteiger partial charge in [0, 0.05) is 6.04 Å². The van der Waals surface area contributed by atoms with Crippen LogP contribution in [0.25, 0.3) is 0 Å². The number of halogens is 3. The Hall–Kier alpha value is -2.55. The predicted molar refractivity (Wildman–Crippen MR) is 103 cm³/mol. The molecule has 1 N–H and O–H groups in total. The largest absolute Gasteiger partial charge is 0.416 e. The maximum absolute atomic E-state index is 13.2. The van der Waals surface area contributed by atoms with Gasteiger partial charge in [0.2, 0.25) is 5.91 Å². The van der Waals surface area contributed by atoms with Crippen molar-refractivity contribution >= 4 is 16.0 Å². The van der Waals surface area contributed by atoms with Gasteiger partial charge in [-0.25, -0.2) is 0 Å². The minimum absolute atomic E-state index is 0.00267. The Morgan fingerprint density at radius 3 is 2.28 bits per heavy atom. The van der Waals surface area contributed by atoms with Gasteiger partial charge in [0.05, 0.1) is 17.7 Å². The fraction of sp³-hybridized carbons (Fsp3) is 0.350. The van der Waals surface area contributed by atoms with Gasteiger partial charge in [-0.15, -0.1) is 0 Å². The van der Waals surface area contributed by atoms with E-state index in [0.717, 1.165) is 24.0 Å². The zero-order chi connectivity index (χ0) is 21.8.